The van der Waals surface area contributed by atoms with E-state index in [1.807, 2.05) is 12.1 Å². The maximum absolute atomic E-state index is 12.7. The maximum Gasteiger partial charge on any atom is 0.519 e. The van der Waals surface area contributed by atoms with E-state index in [0.717, 1.165) is 31.4 Å². The van der Waals surface area contributed by atoms with E-state index in [4.69, 9.17) is 18.9 Å². The van der Waals surface area contributed by atoms with E-state index in [0.29, 0.717) is 29.3 Å². The Morgan fingerprint density at radius 1 is 1.18 bits per heavy atom. The van der Waals surface area contributed by atoms with Gasteiger partial charge >= 0.3 is 6.16 Å². The average molecular weight is 463 g/mol. The summed E-state index contributed by atoms with van der Waals surface area (Å²) >= 11 is 0. The van der Waals surface area contributed by atoms with E-state index in [2.05, 4.69) is 13.0 Å². The van der Waals surface area contributed by atoms with Gasteiger partial charge in [-0.25, -0.2) is 4.79 Å². The second-order valence-corrected chi connectivity index (χ2v) is 9.71. The number of carbonyl (C=O) groups excluding carboxylic acids is 1. The summed E-state index contributed by atoms with van der Waals surface area (Å²) in [5.74, 6) is 3.69. The Morgan fingerprint density at radius 3 is 2.71 bits per heavy atom. The molecule has 2 bridgehead atoms. The fourth-order valence-electron chi connectivity index (χ4n) is 6.79. The third-order valence-electron chi connectivity index (χ3n) is 8.26. The van der Waals surface area contributed by atoms with E-state index in [1.165, 1.54) is 35.4 Å². The van der Waals surface area contributed by atoms with Crippen molar-refractivity contribution in [2.24, 2.45) is 17.8 Å². The number of benzene rings is 2. The molecule has 0 N–H and O–H groups in total. The van der Waals surface area contributed by atoms with Crippen LogP contribution in [0, 0.1) is 27.9 Å². The van der Waals surface area contributed by atoms with Gasteiger partial charge in [0.25, 0.3) is 5.69 Å². The van der Waals surface area contributed by atoms with Crippen molar-refractivity contribution in [3.63, 3.8) is 0 Å². The van der Waals surface area contributed by atoms with Crippen LogP contribution < -0.4 is 14.2 Å². The number of non-ortho nitro benzene ring substituents is 1. The summed E-state index contributed by atoms with van der Waals surface area (Å²) in [5, 5.41) is 10.8. The van der Waals surface area contributed by atoms with Gasteiger partial charge < -0.3 is 18.9 Å². The second kappa shape index (κ2) is 7.48. The van der Waals surface area contributed by atoms with Gasteiger partial charge in [0.05, 0.1) is 12.0 Å². The first-order chi connectivity index (χ1) is 16.4. The second-order valence-electron chi connectivity index (χ2n) is 9.71. The number of carbonyl (C=O) groups is 1. The van der Waals surface area contributed by atoms with Crippen LogP contribution in [-0.4, -0.2) is 24.3 Å². The van der Waals surface area contributed by atoms with Crippen LogP contribution in [0.2, 0.25) is 0 Å². The van der Waals surface area contributed by atoms with Crippen molar-refractivity contribution in [2.75, 3.05) is 7.11 Å². The molecule has 6 rings (SSSR count). The number of methoxy groups -OCH3 is 1. The van der Waals surface area contributed by atoms with Gasteiger partial charge in [0, 0.05) is 23.1 Å². The molecule has 1 fully saturated rings. The predicted molar refractivity (Wildman–Crippen MR) is 121 cm³/mol. The van der Waals surface area contributed by atoms with Crippen LogP contribution in [0.1, 0.15) is 37.3 Å². The maximum atomic E-state index is 12.7. The van der Waals surface area contributed by atoms with Crippen LogP contribution in [0.3, 0.4) is 0 Å². The SMILES string of the molecule is COc1ccc2c3c1O[C@H]1C(OC(=O)Oc4ccc([N+](=O)[O-])cc4)=CC[C@H]4[C@@H](C2)C(C)CC[C@]314. The van der Waals surface area contributed by atoms with Gasteiger partial charge in [-0.15, -0.1) is 0 Å². The summed E-state index contributed by atoms with van der Waals surface area (Å²) in [6, 6.07) is 9.43. The number of nitrogens with zero attached hydrogens (tertiary/aromatic N) is 1. The van der Waals surface area contributed by atoms with Gasteiger partial charge in [0.15, 0.2) is 17.6 Å². The Labute approximate surface area is 196 Å². The van der Waals surface area contributed by atoms with E-state index in [9.17, 15) is 14.9 Å². The van der Waals surface area contributed by atoms with Crippen molar-refractivity contribution < 1.29 is 28.7 Å². The predicted octanol–water partition coefficient (Wildman–Crippen LogP) is 5.32. The lowest BCUT2D eigenvalue weighted by atomic mass is 9.47. The molecule has 1 unspecified atom stereocenters. The molecule has 0 aromatic heterocycles. The van der Waals surface area contributed by atoms with Gasteiger partial charge in [-0.05, 0) is 73.3 Å². The van der Waals surface area contributed by atoms with Crippen molar-refractivity contribution in [1.29, 1.82) is 0 Å². The fraction of sp³-hybridized carbons (Fsp3) is 0.423. The summed E-state index contributed by atoms with van der Waals surface area (Å²) in [5.41, 5.74) is 2.21. The number of nitro benzene ring substituents is 1. The van der Waals surface area contributed by atoms with Crippen LogP contribution in [-0.2, 0) is 16.6 Å². The minimum Gasteiger partial charge on any atom is -0.493 e. The quantitative estimate of drug-likeness (QED) is 0.262. The number of hydrogen-bond acceptors (Lipinski definition) is 7. The van der Waals surface area contributed by atoms with Gasteiger partial charge in [-0.3, -0.25) is 10.1 Å². The van der Waals surface area contributed by atoms with E-state index in [1.54, 1.807) is 7.11 Å². The normalized spacial score (nSPS) is 29.9. The molecule has 5 atom stereocenters. The smallest absolute Gasteiger partial charge is 0.493 e. The molecule has 0 saturated heterocycles. The third kappa shape index (κ3) is 2.87. The van der Waals surface area contributed by atoms with Crippen LogP contribution in [0.25, 0.3) is 0 Å². The summed E-state index contributed by atoms with van der Waals surface area (Å²) in [6.07, 6.45) is 4.56. The molecule has 1 aliphatic heterocycles. The third-order valence-corrected chi connectivity index (χ3v) is 8.26. The number of ether oxygens (including phenoxy) is 4. The lowest BCUT2D eigenvalue weighted by Crippen LogP contribution is -2.57. The van der Waals surface area contributed by atoms with Crippen molar-refractivity contribution in [2.45, 2.75) is 44.1 Å². The summed E-state index contributed by atoms with van der Waals surface area (Å²) in [4.78, 5) is 23.0. The first kappa shape index (κ1) is 21.0. The lowest BCUT2D eigenvalue weighted by molar-refractivity contribution is -0.384. The minimum atomic E-state index is -0.891. The molecule has 34 heavy (non-hydrogen) atoms. The molecule has 3 aliphatic carbocycles. The molecule has 0 amide bonds. The zero-order valence-electron chi connectivity index (χ0n) is 19.0. The van der Waals surface area contributed by atoms with Crippen LogP contribution in [0.4, 0.5) is 10.5 Å². The number of hydrogen-bond donors (Lipinski definition) is 0. The van der Waals surface area contributed by atoms with Gasteiger partial charge in [-0.2, -0.15) is 0 Å². The molecule has 2 aromatic carbocycles. The first-order valence-electron chi connectivity index (χ1n) is 11.6. The Kier molecular flexibility index (Phi) is 4.62. The van der Waals surface area contributed by atoms with E-state index in [-0.39, 0.29) is 16.9 Å². The van der Waals surface area contributed by atoms with Crippen molar-refractivity contribution >= 4 is 11.8 Å². The Balaban J connectivity index is 1.32. The summed E-state index contributed by atoms with van der Waals surface area (Å²) in [7, 11) is 1.64. The molecular weight excluding hydrogens is 438 g/mol. The van der Waals surface area contributed by atoms with Gasteiger partial charge in [0.1, 0.15) is 11.5 Å². The highest BCUT2D eigenvalue weighted by Gasteiger charge is 2.64. The number of rotatable bonds is 4. The van der Waals surface area contributed by atoms with Crippen LogP contribution in [0.15, 0.2) is 48.2 Å². The Morgan fingerprint density at radius 2 is 1.97 bits per heavy atom. The largest absolute Gasteiger partial charge is 0.519 e. The zero-order chi connectivity index (χ0) is 23.6. The minimum absolute atomic E-state index is 0.0823. The molecule has 176 valence electrons. The average Bonchev–Trinajstić information content (AvgIpc) is 3.18. The number of nitro groups is 1. The molecule has 1 saturated carbocycles. The molecule has 0 radical (unpaired) electrons. The monoisotopic (exact) mass is 463 g/mol. The van der Waals surface area contributed by atoms with Crippen LogP contribution in [0.5, 0.6) is 17.2 Å². The summed E-state index contributed by atoms with van der Waals surface area (Å²) < 4.78 is 23.2. The highest BCUT2D eigenvalue weighted by Crippen LogP contribution is 2.66. The lowest BCUT2D eigenvalue weighted by Gasteiger charge is -2.55. The molecule has 4 aliphatic rings. The topological polar surface area (TPSA) is 97.1 Å². The first-order valence-corrected chi connectivity index (χ1v) is 11.6. The molecule has 8 nitrogen and oxygen atoms in total. The zero-order valence-corrected chi connectivity index (χ0v) is 19.0. The highest BCUT2D eigenvalue weighted by molar-refractivity contribution is 5.67. The van der Waals surface area contributed by atoms with Gasteiger partial charge in [0.2, 0.25) is 0 Å². The van der Waals surface area contributed by atoms with E-state index >= 15 is 0 Å². The molecule has 8 heteroatoms. The molecule has 1 heterocycles. The standard InChI is InChI=1S/C26H25NO7/c1-14-11-12-26-19-8-10-21(33-25(28)32-17-6-4-16(5-7-17)27(29)30)24(26)34-23-20(31-2)9-3-15(22(23)26)13-18(14)19/h3-7,9-10,14,18-19,24H,8,11-13H2,1-2H3/t14?,18-,19-,24-,26-/m0/s1. The van der Waals surface area contributed by atoms with Gasteiger partial charge in [-0.1, -0.05) is 13.0 Å². The van der Waals surface area contributed by atoms with E-state index < -0.39 is 17.2 Å². The Bertz CT molecular complexity index is 1220. The molecular formula is C26H25NO7. The molecule has 2 aromatic rings. The van der Waals surface area contributed by atoms with Crippen LogP contribution >= 0.6 is 0 Å². The summed E-state index contributed by atoms with van der Waals surface area (Å²) in [6.45, 7) is 2.34. The van der Waals surface area contributed by atoms with Crippen molar-refractivity contribution in [1.82, 2.24) is 0 Å². The van der Waals surface area contributed by atoms with Crippen molar-refractivity contribution in [3.8, 4) is 17.2 Å². The van der Waals surface area contributed by atoms with Crippen molar-refractivity contribution in [3.05, 3.63) is 69.5 Å². The highest BCUT2D eigenvalue weighted by atomic mass is 16.7. The molecule has 1 spiro atoms. The number of allylic oxidation sites excluding steroid dienone is 1. The fourth-order valence-corrected chi connectivity index (χ4v) is 6.79. The Hall–Kier alpha value is -3.55.